The molecule has 230 valence electrons. The molecule has 0 aromatic heterocycles. The number of nitrogens with zero attached hydrogens (tertiary/aromatic N) is 1. The minimum Gasteiger partial charge on any atom is -0.458 e. The molecule has 3 rings (SSSR count). The van der Waals surface area contributed by atoms with Gasteiger partial charge in [-0.2, -0.15) is 0 Å². The number of rotatable bonds is 11. The maximum absolute atomic E-state index is 14.8. The van der Waals surface area contributed by atoms with Crippen molar-refractivity contribution in [1.29, 1.82) is 0 Å². The number of hydrogen-bond acceptors (Lipinski definition) is 7. The Morgan fingerprint density at radius 2 is 1.55 bits per heavy atom. The molecule has 0 radical (unpaired) electrons. The first-order valence-corrected chi connectivity index (χ1v) is 14.4. The van der Waals surface area contributed by atoms with Crippen LogP contribution in [0.5, 0.6) is 0 Å². The molecule has 1 aliphatic heterocycles. The van der Waals surface area contributed by atoms with Crippen molar-refractivity contribution in [3.8, 4) is 0 Å². The zero-order valence-electron chi connectivity index (χ0n) is 25.6. The largest absolute Gasteiger partial charge is 0.458 e. The Labute approximate surface area is 248 Å². The quantitative estimate of drug-likeness (QED) is 0.231. The molecular weight excluding hydrogens is 541 g/mol. The van der Waals surface area contributed by atoms with Gasteiger partial charge < -0.3 is 18.9 Å². The lowest BCUT2D eigenvalue weighted by Gasteiger charge is -2.32. The molecular formula is C33H44FNO7. The third-order valence-corrected chi connectivity index (χ3v) is 6.94. The number of ether oxygens (including phenoxy) is 4. The van der Waals surface area contributed by atoms with E-state index >= 15 is 0 Å². The summed E-state index contributed by atoms with van der Waals surface area (Å²) in [7, 11) is 1.35. The van der Waals surface area contributed by atoms with E-state index < -0.39 is 41.4 Å². The van der Waals surface area contributed by atoms with E-state index in [9.17, 15) is 18.8 Å². The number of alkyl halides is 1. The molecule has 1 fully saturated rings. The molecule has 0 aliphatic carbocycles. The van der Waals surface area contributed by atoms with Gasteiger partial charge in [0.1, 0.15) is 23.9 Å². The van der Waals surface area contributed by atoms with Gasteiger partial charge in [0.25, 0.3) is 0 Å². The average molecular weight is 586 g/mol. The summed E-state index contributed by atoms with van der Waals surface area (Å²) < 4.78 is 36.9. The monoisotopic (exact) mass is 585 g/mol. The van der Waals surface area contributed by atoms with Crippen molar-refractivity contribution < 1.29 is 37.7 Å². The van der Waals surface area contributed by atoms with E-state index in [2.05, 4.69) is 0 Å². The maximum Gasteiger partial charge on any atom is 0.410 e. The first-order chi connectivity index (χ1) is 19.7. The van der Waals surface area contributed by atoms with Crippen molar-refractivity contribution in [1.82, 2.24) is 4.90 Å². The predicted octanol–water partition coefficient (Wildman–Crippen LogP) is 6.15. The van der Waals surface area contributed by atoms with Crippen molar-refractivity contribution in [2.24, 2.45) is 0 Å². The number of carbonyl (C=O) groups excluding carboxylic acids is 3. The van der Waals surface area contributed by atoms with Crippen LogP contribution in [-0.2, 0) is 41.6 Å². The molecule has 0 spiro atoms. The lowest BCUT2D eigenvalue weighted by molar-refractivity contribution is -0.172. The summed E-state index contributed by atoms with van der Waals surface area (Å²) in [6, 6.07) is 15.7. The fraction of sp³-hybridized carbons (Fsp3) is 0.545. The molecule has 42 heavy (non-hydrogen) atoms. The van der Waals surface area contributed by atoms with Crippen LogP contribution in [0.1, 0.15) is 76.5 Å². The topological polar surface area (TPSA) is 91.4 Å². The second-order valence-electron chi connectivity index (χ2n) is 12.4. The third-order valence-electron chi connectivity index (χ3n) is 6.94. The van der Waals surface area contributed by atoms with Gasteiger partial charge in [-0.05, 0) is 70.1 Å². The highest BCUT2D eigenvalue weighted by Crippen LogP contribution is 2.28. The minimum atomic E-state index is -1.82. The first-order valence-electron chi connectivity index (χ1n) is 14.4. The molecule has 9 heteroatoms. The van der Waals surface area contributed by atoms with Crippen molar-refractivity contribution in [2.45, 2.75) is 96.2 Å². The number of carbonyl (C=O) groups is 3. The van der Waals surface area contributed by atoms with E-state index in [1.54, 1.807) is 20.8 Å². The second kappa shape index (κ2) is 14.6. The van der Waals surface area contributed by atoms with Gasteiger partial charge in [-0.3, -0.25) is 4.90 Å². The Morgan fingerprint density at radius 1 is 0.929 bits per heavy atom. The number of halogens is 1. The fourth-order valence-corrected chi connectivity index (χ4v) is 4.68. The van der Waals surface area contributed by atoms with Crippen LogP contribution < -0.4 is 0 Å². The van der Waals surface area contributed by atoms with Crippen LogP contribution in [0.2, 0.25) is 0 Å². The van der Waals surface area contributed by atoms with Crippen LogP contribution in [0.15, 0.2) is 54.6 Å². The lowest BCUT2D eigenvalue weighted by atomic mass is 9.91. The molecule has 1 amide bonds. The van der Waals surface area contributed by atoms with Gasteiger partial charge >= 0.3 is 18.0 Å². The van der Waals surface area contributed by atoms with Crippen molar-refractivity contribution in [3.63, 3.8) is 0 Å². The van der Waals surface area contributed by atoms with E-state index in [1.807, 2.05) is 54.6 Å². The van der Waals surface area contributed by atoms with Crippen LogP contribution in [0.25, 0.3) is 0 Å². The Hall–Kier alpha value is -3.46. The van der Waals surface area contributed by atoms with E-state index in [-0.39, 0.29) is 19.4 Å². The molecule has 0 N–H and O–H groups in total. The summed E-state index contributed by atoms with van der Waals surface area (Å²) in [6.45, 7) is 9.14. The molecule has 1 saturated heterocycles. The van der Waals surface area contributed by atoms with Gasteiger partial charge in [0, 0.05) is 33.1 Å². The molecule has 2 aromatic carbocycles. The Bertz CT molecular complexity index is 1170. The van der Waals surface area contributed by atoms with Gasteiger partial charge in [0.2, 0.25) is 6.10 Å². The van der Waals surface area contributed by atoms with Crippen molar-refractivity contribution in [3.05, 3.63) is 71.3 Å². The van der Waals surface area contributed by atoms with Gasteiger partial charge in [0.05, 0.1) is 0 Å². The number of hydrogen-bond donors (Lipinski definition) is 0. The SMILES string of the molecule is CN(C(=O)OC(C)(C)C)C(CC(C)(C)F)C(=O)OC(Cc1ccc(C2CCOCC2)cc1)C(=O)OCc1ccccc1. The first kappa shape index (κ1) is 33.0. The maximum atomic E-state index is 14.8. The van der Waals surface area contributed by atoms with Crippen LogP contribution >= 0.6 is 0 Å². The molecule has 1 heterocycles. The molecule has 0 saturated carbocycles. The molecule has 8 nitrogen and oxygen atoms in total. The molecule has 2 aromatic rings. The van der Waals surface area contributed by atoms with E-state index in [1.165, 1.54) is 26.5 Å². The summed E-state index contributed by atoms with van der Waals surface area (Å²) in [4.78, 5) is 40.6. The summed E-state index contributed by atoms with van der Waals surface area (Å²) in [6.07, 6.45) is -0.526. The van der Waals surface area contributed by atoms with Crippen molar-refractivity contribution >= 4 is 18.0 Å². The summed E-state index contributed by atoms with van der Waals surface area (Å²) in [5.41, 5.74) is 0.0857. The highest BCUT2D eigenvalue weighted by Gasteiger charge is 2.38. The average Bonchev–Trinajstić information content (AvgIpc) is 2.94. The molecule has 2 unspecified atom stereocenters. The van der Waals surface area contributed by atoms with Gasteiger partial charge in [-0.1, -0.05) is 54.6 Å². The Balaban J connectivity index is 1.81. The third kappa shape index (κ3) is 10.7. The summed E-state index contributed by atoms with van der Waals surface area (Å²) in [5, 5.41) is 0. The van der Waals surface area contributed by atoms with Crippen LogP contribution in [-0.4, -0.2) is 66.6 Å². The smallest absolute Gasteiger partial charge is 0.410 e. The van der Waals surface area contributed by atoms with Gasteiger partial charge in [-0.25, -0.2) is 18.8 Å². The Kier molecular flexibility index (Phi) is 11.5. The van der Waals surface area contributed by atoms with Gasteiger partial charge in [0.15, 0.2) is 0 Å². The second-order valence-corrected chi connectivity index (χ2v) is 12.4. The highest BCUT2D eigenvalue weighted by molar-refractivity contribution is 5.85. The van der Waals surface area contributed by atoms with E-state index in [0.29, 0.717) is 5.92 Å². The highest BCUT2D eigenvalue weighted by atomic mass is 19.1. The van der Waals surface area contributed by atoms with E-state index in [4.69, 9.17) is 18.9 Å². The minimum absolute atomic E-state index is 0.00480. The number of esters is 2. The predicted molar refractivity (Wildman–Crippen MR) is 157 cm³/mol. The van der Waals surface area contributed by atoms with E-state index in [0.717, 1.165) is 42.1 Å². The van der Waals surface area contributed by atoms with Crippen molar-refractivity contribution in [2.75, 3.05) is 20.3 Å². The van der Waals surface area contributed by atoms with Gasteiger partial charge in [-0.15, -0.1) is 0 Å². The molecule has 0 bridgehead atoms. The number of likely N-dealkylation sites (N-methyl/N-ethyl adjacent to an activating group) is 1. The Morgan fingerprint density at radius 3 is 2.12 bits per heavy atom. The zero-order valence-corrected chi connectivity index (χ0v) is 25.6. The normalized spacial score (nSPS) is 15.8. The molecule has 1 aliphatic rings. The number of benzene rings is 2. The van der Waals surface area contributed by atoms with Crippen LogP contribution in [0.4, 0.5) is 9.18 Å². The summed E-state index contributed by atoms with van der Waals surface area (Å²) in [5.74, 6) is -1.25. The zero-order chi connectivity index (χ0) is 30.9. The summed E-state index contributed by atoms with van der Waals surface area (Å²) >= 11 is 0. The number of amides is 1. The van der Waals surface area contributed by atoms with Crippen LogP contribution in [0.3, 0.4) is 0 Å². The lowest BCUT2D eigenvalue weighted by Crippen LogP contribution is -2.49. The molecule has 2 atom stereocenters. The van der Waals surface area contributed by atoms with Crippen LogP contribution in [0, 0.1) is 0 Å². The fourth-order valence-electron chi connectivity index (χ4n) is 4.68. The standard InChI is InChI=1S/C33H44FNO7/c1-32(2,3)42-31(38)35(6)27(21-33(4,5)34)29(36)41-28(30(37)40-22-24-10-8-7-9-11-24)20-23-12-14-25(15-13-23)26-16-18-39-19-17-26/h7-15,26-28H,16-22H2,1-6H3.